The van der Waals surface area contributed by atoms with Gasteiger partial charge < -0.3 is 15.1 Å². The highest BCUT2D eigenvalue weighted by atomic mass is 15.2. The number of pyridine rings is 1. The van der Waals surface area contributed by atoms with Gasteiger partial charge in [0.15, 0.2) is 0 Å². The van der Waals surface area contributed by atoms with Gasteiger partial charge in [-0.05, 0) is 19.4 Å². The van der Waals surface area contributed by atoms with Crippen molar-refractivity contribution in [2.75, 3.05) is 43.5 Å². The standard InChI is InChI=1S/C14H24N4/c1-5-12-13(6-7-16-14(12)17(3)4)18-9-8-15-11(2)10-18/h6-7,11,15H,5,8-10H2,1-4H3. The van der Waals surface area contributed by atoms with Crippen LogP contribution in [0.15, 0.2) is 12.3 Å². The van der Waals surface area contributed by atoms with E-state index in [1.54, 1.807) is 0 Å². The summed E-state index contributed by atoms with van der Waals surface area (Å²) in [5.41, 5.74) is 2.71. The molecule has 100 valence electrons. The Morgan fingerprint density at radius 1 is 1.50 bits per heavy atom. The Kier molecular flexibility index (Phi) is 4.07. The highest BCUT2D eigenvalue weighted by Gasteiger charge is 2.20. The molecule has 1 unspecified atom stereocenters. The Labute approximate surface area is 110 Å². The molecule has 1 aliphatic heterocycles. The minimum Gasteiger partial charge on any atom is -0.368 e. The minimum absolute atomic E-state index is 0.555. The summed E-state index contributed by atoms with van der Waals surface area (Å²) in [6.07, 6.45) is 2.95. The Balaban J connectivity index is 2.34. The van der Waals surface area contributed by atoms with E-state index >= 15 is 0 Å². The van der Waals surface area contributed by atoms with E-state index in [1.165, 1.54) is 11.3 Å². The smallest absolute Gasteiger partial charge is 0.133 e. The van der Waals surface area contributed by atoms with Crippen LogP contribution in [-0.2, 0) is 6.42 Å². The van der Waals surface area contributed by atoms with Crippen molar-refractivity contribution in [2.45, 2.75) is 26.3 Å². The molecule has 1 aliphatic rings. The Morgan fingerprint density at radius 3 is 2.89 bits per heavy atom. The maximum atomic E-state index is 4.51. The molecule has 2 heterocycles. The van der Waals surface area contributed by atoms with Gasteiger partial charge in [0.25, 0.3) is 0 Å². The lowest BCUT2D eigenvalue weighted by Crippen LogP contribution is -2.49. The van der Waals surface area contributed by atoms with E-state index in [1.807, 2.05) is 6.20 Å². The number of aromatic nitrogens is 1. The Bertz CT molecular complexity index is 403. The van der Waals surface area contributed by atoms with Crippen molar-refractivity contribution >= 4 is 11.5 Å². The number of nitrogens with zero attached hydrogens (tertiary/aromatic N) is 3. The summed E-state index contributed by atoms with van der Waals surface area (Å²) in [6.45, 7) is 7.66. The van der Waals surface area contributed by atoms with E-state index in [2.05, 4.69) is 54.1 Å². The molecule has 18 heavy (non-hydrogen) atoms. The minimum atomic E-state index is 0.555. The molecule has 1 saturated heterocycles. The van der Waals surface area contributed by atoms with Crippen molar-refractivity contribution in [3.05, 3.63) is 17.8 Å². The topological polar surface area (TPSA) is 31.4 Å². The molecule has 0 amide bonds. The number of rotatable bonds is 3. The van der Waals surface area contributed by atoms with Crippen LogP contribution in [0.3, 0.4) is 0 Å². The van der Waals surface area contributed by atoms with Crippen LogP contribution in [0.5, 0.6) is 0 Å². The van der Waals surface area contributed by atoms with Gasteiger partial charge in [0.1, 0.15) is 5.82 Å². The first-order valence-electron chi connectivity index (χ1n) is 6.77. The average molecular weight is 248 g/mol. The lowest BCUT2D eigenvalue weighted by atomic mass is 10.1. The van der Waals surface area contributed by atoms with Gasteiger partial charge >= 0.3 is 0 Å². The zero-order valence-electron chi connectivity index (χ0n) is 11.9. The van der Waals surface area contributed by atoms with Crippen molar-refractivity contribution < 1.29 is 0 Å². The second-order valence-corrected chi connectivity index (χ2v) is 5.18. The molecule has 1 aromatic rings. The van der Waals surface area contributed by atoms with Crippen molar-refractivity contribution in [3.8, 4) is 0 Å². The predicted octanol–water partition coefficient (Wildman–Crippen LogP) is 1.51. The predicted molar refractivity (Wildman–Crippen MR) is 77.6 cm³/mol. The lowest BCUT2D eigenvalue weighted by Gasteiger charge is -2.35. The van der Waals surface area contributed by atoms with E-state index in [-0.39, 0.29) is 0 Å². The zero-order chi connectivity index (χ0) is 13.1. The first-order valence-corrected chi connectivity index (χ1v) is 6.77. The van der Waals surface area contributed by atoms with E-state index < -0.39 is 0 Å². The monoisotopic (exact) mass is 248 g/mol. The van der Waals surface area contributed by atoms with Crippen LogP contribution in [-0.4, -0.2) is 44.8 Å². The van der Waals surface area contributed by atoms with E-state index in [9.17, 15) is 0 Å². The molecule has 4 heteroatoms. The molecule has 0 bridgehead atoms. The summed E-state index contributed by atoms with van der Waals surface area (Å²) >= 11 is 0. The van der Waals surface area contributed by atoms with Gasteiger partial charge in [0, 0.05) is 57.2 Å². The fourth-order valence-electron chi connectivity index (χ4n) is 2.64. The van der Waals surface area contributed by atoms with Crippen LogP contribution < -0.4 is 15.1 Å². The summed E-state index contributed by atoms with van der Waals surface area (Å²) in [5, 5.41) is 3.49. The number of piperazine rings is 1. The fraction of sp³-hybridized carbons (Fsp3) is 0.643. The van der Waals surface area contributed by atoms with Gasteiger partial charge in [-0.2, -0.15) is 0 Å². The second kappa shape index (κ2) is 5.57. The first kappa shape index (κ1) is 13.1. The van der Waals surface area contributed by atoms with Crippen LogP contribution >= 0.6 is 0 Å². The highest BCUT2D eigenvalue weighted by molar-refractivity contribution is 5.64. The van der Waals surface area contributed by atoms with E-state index in [4.69, 9.17) is 0 Å². The van der Waals surface area contributed by atoms with Crippen LogP contribution in [0, 0.1) is 0 Å². The molecular formula is C14H24N4. The molecule has 4 nitrogen and oxygen atoms in total. The van der Waals surface area contributed by atoms with Gasteiger partial charge in [-0.25, -0.2) is 4.98 Å². The van der Waals surface area contributed by atoms with Gasteiger partial charge in [-0.3, -0.25) is 0 Å². The molecule has 1 aromatic heterocycles. The zero-order valence-corrected chi connectivity index (χ0v) is 11.9. The normalized spacial score (nSPS) is 20.0. The average Bonchev–Trinajstić information content (AvgIpc) is 2.37. The number of hydrogen-bond donors (Lipinski definition) is 1. The molecule has 0 aliphatic carbocycles. The van der Waals surface area contributed by atoms with Crippen molar-refractivity contribution in [3.63, 3.8) is 0 Å². The lowest BCUT2D eigenvalue weighted by molar-refractivity contribution is 0.484. The molecule has 1 fully saturated rings. The summed E-state index contributed by atoms with van der Waals surface area (Å²) in [6, 6.07) is 2.71. The molecule has 2 rings (SSSR count). The summed E-state index contributed by atoms with van der Waals surface area (Å²) in [7, 11) is 4.12. The Hall–Kier alpha value is -1.29. The third kappa shape index (κ3) is 2.58. The van der Waals surface area contributed by atoms with E-state index in [0.717, 1.165) is 31.9 Å². The third-order valence-electron chi connectivity index (χ3n) is 3.49. The largest absolute Gasteiger partial charge is 0.368 e. The summed E-state index contributed by atoms with van der Waals surface area (Å²) in [4.78, 5) is 9.09. The van der Waals surface area contributed by atoms with Crippen LogP contribution in [0.4, 0.5) is 11.5 Å². The maximum Gasteiger partial charge on any atom is 0.133 e. The van der Waals surface area contributed by atoms with E-state index in [0.29, 0.717) is 6.04 Å². The summed E-state index contributed by atoms with van der Waals surface area (Å²) < 4.78 is 0. The first-order chi connectivity index (χ1) is 8.63. The molecule has 1 N–H and O–H groups in total. The molecule has 0 radical (unpaired) electrons. The van der Waals surface area contributed by atoms with Crippen molar-refractivity contribution in [1.29, 1.82) is 0 Å². The molecule has 1 atom stereocenters. The van der Waals surface area contributed by atoms with Gasteiger partial charge in [0.05, 0.1) is 0 Å². The number of anilines is 2. The molecular weight excluding hydrogens is 224 g/mol. The number of hydrogen-bond acceptors (Lipinski definition) is 4. The third-order valence-corrected chi connectivity index (χ3v) is 3.49. The molecule has 0 aromatic carbocycles. The van der Waals surface area contributed by atoms with Gasteiger partial charge in [-0.1, -0.05) is 6.92 Å². The summed E-state index contributed by atoms with van der Waals surface area (Å²) in [5.74, 6) is 1.10. The highest BCUT2D eigenvalue weighted by Crippen LogP contribution is 2.28. The molecule has 0 saturated carbocycles. The van der Waals surface area contributed by atoms with Gasteiger partial charge in [-0.15, -0.1) is 0 Å². The Morgan fingerprint density at radius 2 is 2.28 bits per heavy atom. The number of nitrogens with one attached hydrogen (secondary N) is 1. The fourth-order valence-corrected chi connectivity index (χ4v) is 2.64. The van der Waals surface area contributed by atoms with Crippen LogP contribution in [0.1, 0.15) is 19.4 Å². The van der Waals surface area contributed by atoms with Crippen LogP contribution in [0.25, 0.3) is 0 Å². The maximum absolute atomic E-state index is 4.51. The molecule has 0 spiro atoms. The van der Waals surface area contributed by atoms with Gasteiger partial charge in [0.2, 0.25) is 0 Å². The SMILES string of the molecule is CCc1c(N2CCNC(C)C2)ccnc1N(C)C. The quantitative estimate of drug-likeness (QED) is 0.878. The van der Waals surface area contributed by atoms with Crippen molar-refractivity contribution in [2.24, 2.45) is 0 Å². The van der Waals surface area contributed by atoms with Crippen LogP contribution in [0.2, 0.25) is 0 Å². The van der Waals surface area contributed by atoms with Crippen molar-refractivity contribution in [1.82, 2.24) is 10.3 Å². The second-order valence-electron chi connectivity index (χ2n) is 5.18.